The predicted molar refractivity (Wildman–Crippen MR) is 61.8 cm³/mol. The van der Waals surface area contributed by atoms with E-state index in [2.05, 4.69) is 36.0 Å². The molecule has 1 aromatic rings. The van der Waals surface area contributed by atoms with Crippen molar-refractivity contribution in [2.24, 2.45) is 0 Å². The van der Waals surface area contributed by atoms with Crippen molar-refractivity contribution >= 4 is 27.3 Å². The average molecular weight is 183 g/mol. The van der Waals surface area contributed by atoms with Crippen molar-refractivity contribution in [3.63, 3.8) is 0 Å². The Morgan fingerprint density at radius 3 is 2.09 bits per heavy atom. The minimum atomic E-state index is 0. The van der Waals surface area contributed by atoms with Crippen LogP contribution in [0.5, 0.6) is 0 Å². The normalized spacial score (nSPS) is 8.73. The van der Waals surface area contributed by atoms with Crippen molar-refractivity contribution in [1.29, 1.82) is 0 Å². The lowest BCUT2D eigenvalue weighted by Crippen LogP contribution is -1.66. The van der Waals surface area contributed by atoms with Crippen LogP contribution in [-0.2, 0) is 0 Å². The van der Waals surface area contributed by atoms with Crippen LogP contribution in [0.15, 0.2) is 36.0 Å². The average Bonchev–Trinajstić information content (AvgIpc) is 1.91. The fraction of sp³-hybridized carbons (Fsp3) is 0. The summed E-state index contributed by atoms with van der Waals surface area (Å²) in [5.41, 5.74) is 3.47. The zero-order valence-corrected chi connectivity index (χ0v) is 8.25. The summed E-state index contributed by atoms with van der Waals surface area (Å²) in [7, 11) is 1.14. The highest BCUT2D eigenvalue weighted by Gasteiger charge is 1.77. The molecule has 0 heterocycles. The Hall–Kier alpha value is -0.646. The topological polar surface area (TPSA) is 35.0 Å². The molecule has 11 heavy (non-hydrogen) atoms. The molecule has 0 unspecified atom stereocenters. The van der Waals surface area contributed by atoms with Crippen LogP contribution in [-0.4, -0.2) is 21.2 Å². The van der Waals surface area contributed by atoms with Crippen LogP contribution in [0, 0.1) is 0 Å². The second kappa shape index (κ2) is 7.46. The van der Waals surface area contributed by atoms with Gasteiger partial charge < -0.3 is 6.15 Å². The molecule has 0 saturated carbocycles. The predicted octanol–water partition coefficient (Wildman–Crippen LogP) is -0.267. The van der Waals surface area contributed by atoms with Crippen LogP contribution >= 0.6 is 0 Å². The van der Waals surface area contributed by atoms with Crippen molar-refractivity contribution in [2.75, 3.05) is 0 Å². The minimum absolute atomic E-state index is 0. The standard InChI is InChI=1S/C8H10Si.H3N.H4Si/c9-7-6-8-4-2-1-3-5-8;;/h1-7H,9H3;1H3;1H4. The van der Waals surface area contributed by atoms with E-state index in [1.165, 1.54) is 5.56 Å². The molecular weight excluding hydrogens is 166 g/mol. The molecule has 0 fully saturated rings. The van der Waals surface area contributed by atoms with Gasteiger partial charge in [0.2, 0.25) is 0 Å². The van der Waals surface area contributed by atoms with E-state index in [-0.39, 0.29) is 17.1 Å². The molecule has 0 saturated heterocycles. The van der Waals surface area contributed by atoms with E-state index in [0.717, 1.165) is 10.2 Å². The van der Waals surface area contributed by atoms with Crippen LogP contribution in [0.1, 0.15) is 5.56 Å². The van der Waals surface area contributed by atoms with Gasteiger partial charge in [0.15, 0.2) is 0 Å². The van der Waals surface area contributed by atoms with Crippen LogP contribution in [0.25, 0.3) is 6.08 Å². The fourth-order valence-electron chi connectivity index (χ4n) is 0.757. The maximum absolute atomic E-state index is 2.18. The van der Waals surface area contributed by atoms with E-state index in [1.54, 1.807) is 0 Å². The van der Waals surface area contributed by atoms with Gasteiger partial charge in [-0.15, -0.1) is 5.70 Å². The molecule has 1 aromatic carbocycles. The van der Waals surface area contributed by atoms with Crippen molar-refractivity contribution in [3.8, 4) is 0 Å². The molecular formula is C8H17NSi2. The highest BCUT2D eigenvalue weighted by molar-refractivity contribution is 6.19. The molecule has 0 amide bonds. The fourth-order valence-corrected chi connectivity index (χ4v) is 1.14. The molecule has 0 aliphatic carbocycles. The molecule has 3 heteroatoms. The van der Waals surface area contributed by atoms with Crippen molar-refractivity contribution in [2.45, 2.75) is 0 Å². The molecule has 1 nitrogen and oxygen atoms in total. The Morgan fingerprint density at radius 2 is 1.64 bits per heavy atom. The largest absolute Gasteiger partial charge is 0.344 e. The third-order valence-electron chi connectivity index (χ3n) is 1.16. The SMILES string of the molecule is N.[SiH3]C=Cc1ccccc1.[SiH4]. The lowest BCUT2D eigenvalue weighted by Gasteiger charge is -1.87. The van der Waals surface area contributed by atoms with Gasteiger partial charge in [-0.05, 0) is 16.5 Å². The second-order valence-electron chi connectivity index (χ2n) is 1.91. The Balaban J connectivity index is 0. The summed E-state index contributed by atoms with van der Waals surface area (Å²) in [6, 6.07) is 10.3. The van der Waals surface area contributed by atoms with E-state index in [4.69, 9.17) is 0 Å². The van der Waals surface area contributed by atoms with Crippen molar-refractivity contribution < 1.29 is 0 Å². The molecule has 0 spiro atoms. The second-order valence-corrected chi connectivity index (χ2v) is 2.58. The van der Waals surface area contributed by atoms with Gasteiger partial charge in [-0.25, -0.2) is 0 Å². The summed E-state index contributed by atoms with van der Waals surface area (Å²) >= 11 is 0. The molecule has 0 radical (unpaired) electrons. The van der Waals surface area contributed by atoms with E-state index < -0.39 is 0 Å². The summed E-state index contributed by atoms with van der Waals surface area (Å²) in [4.78, 5) is 0. The van der Waals surface area contributed by atoms with Gasteiger partial charge in [-0.1, -0.05) is 36.4 Å². The quantitative estimate of drug-likeness (QED) is 0.598. The van der Waals surface area contributed by atoms with Crippen molar-refractivity contribution in [3.05, 3.63) is 41.6 Å². The zero-order valence-electron chi connectivity index (χ0n) is 6.25. The number of rotatable bonds is 1. The van der Waals surface area contributed by atoms with Gasteiger partial charge in [0.25, 0.3) is 0 Å². The van der Waals surface area contributed by atoms with Crippen LogP contribution < -0.4 is 6.15 Å². The summed E-state index contributed by atoms with van der Waals surface area (Å²) < 4.78 is 0. The molecule has 0 bridgehead atoms. The zero-order chi connectivity index (χ0) is 6.53. The Bertz CT molecular complexity index is 197. The molecule has 1 rings (SSSR count). The third kappa shape index (κ3) is 4.72. The first-order chi connectivity index (χ1) is 4.43. The maximum atomic E-state index is 2.18. The first kappa shape index (κ1) is 13.0. The van der Waals surface area contributed by atoms with Gasteiger partial charge in [0.1, 0.15) is 0 Å². The smallest absolute Gasteiger partial charge is 0.0291 e. The lowest BCUT2D eigenvalue weighted by atomic mass is 10.2. The highest BCUT2D eigenvalue weighted by Crippen LogP contribution is 1.98. The van der Waals surface area contributed by atoms with Gasteiger partial charge in [-0.2, -0.15) is 0 Å². The van der Waals surface area contributed by atoms with E-state index >= 15 is 0 Å². The number of hydrogen-bond acceptors (Lipinski definition) is 1. The molecule has 0 atom stereocenters. The van der Waals surface area contributed by atoms with E-state index in [0.29, 0.717) is 0 Å². The molecule has 3 N–H and O–H groups in total. The van der Waals surface area contributed by atoms with Gasteiger partial charge in [0.05, 0.1) is 0 Å². The summed E-state index contributed by atoms with van der Waals surface area (Å²) in [6.07, 6.45) is 2.15. The summed E-state index contributed by atoms with van der Waals surface area (Å²) in [5, 5.41) is 0. The molecule has 62 valence electrons. The molecule has 0 aromatic heterocycles. The highest BCUT2D eigenvalue weighted by atomic mass is 28.1. The molecule has 0 aliphatic rings. The Morgan fingerprint density at radius 1 is 1.09 bits per heavy atom. The molecule has 0 aliphatic heterocycles. The summed E-state index contributed by atoms with van der Waals surface area (Å²) in [5.74, 6) is 0. The van der Waals surface area contributed by atoms with Crippen LogP contribution in [0.2, 0.25) is 0 Å². The number of benzene rings is 1. The van der Waals surface area contributed by atoms with Crippen LogP contribution in [0.4, 0.5) is 0 Å². The van der Waals surface area contributed by atoms with E-state index in [1.807, 2.05) is 6.07 Å². The Labute approximate surface area is 75.6 Å². The first-order valence-corrected chi connectivity index (χ1v) is 4.26. The van der Waals surface area contributed by atoms with Gasteiger partial charge in [0, 0.05) is 10.2 Å². The maximum Gasteiger partial charge on any atom is 0.0291 e. The number of hydrogen-bond donors (Lipinski definition) is 1. The van der Waals surface area contributed by atoms with Gasteiger partial charge >= 0.3 is 0 Å². The third-order valence-corrected chi connectivity index (χ3v) is 1.49. The van der Waals surface area contributed by atoms with Crippen molar-refractivity contribution in [1.82, 2.24) is 6.15 Å². The Kier molecular flexibility index (Phi) is 8.80. The monoisotopic (exact) mass is 183 g/mol. The van der Waals surface area contributed by atoms with Crippen LogP contribution in [0.3, 0.4) is 0 Å². The minimum Gasteiger partial charge on any atom is -0.344 e. The first-order valence-electron chi connectivity index (χ1n) is 3.11. The lowest BCUT2D eigenvalue weighted by molar-refractivity contribution is 1.66. The van der Waals surface area contributed by atoms with E-state index in [9.17, 15) is 0 Å². The van der Waals surface area contributed by atoms with Gasteiger partial charge in [-0.3, -0.25) is 0 Å². The summed E-state index contributed by atoms with van der Waals surface area (Å²) in [6.45, 7) is 0.